The summed E-state index contributed by atoms with van der Waals surface area (Å²) < 4.78 is 33.1. The zero-order valence-electron chi connectivity index (χ0n) is 23.8. The molecule has 2 fully saturated rings. The van der Waals surface area contributed by atoms with Crippen molar-refractivity contribution in [3.63, 3.8) is 0 Å². The van der Waals surface area contributed by atoms with E-state index in [2.05, 4.69) is 10.6 Å². The van der Waals surface area contributed by atoms with Crippen LogP contribution in [0.1, 0.15) is 46.5 Å². The zero-order valence-corrected chi connectivity index (χ0v) is 25.4. The van der Waals surface area contributed by atoms with Crippen LogP contribution in [0.15, 0.2) is 41.3 Å². The van der Waals surface area contributed by atoms with Crippen LogP contribution in [0.3, 0.4) is 0 Å². The monoisotopic (exact) mass is 606 g/mol. The average Bonchev–Trinajstić information content (AvgIpc) is 2.93. The molecule has 0 bridgehead atoms. The normalized spacial score (nSPS) is 20.4. The van der Waals surface area contributed by atoms with Crippen molar-refractivity contribution >= 4 is 50.3 Å². The Morgan fingerprint density at radius 3 is 2.22 bits per heavy atom. The molecular formula is C29H39ClN4O6S. The Labute approximate surface area is 246 Å². The predicted molar refractivity (Wildman–Crippen MR) is 157 cm³/mol. The molecule has 1 heterocycles. The van der Waals surface area contributed by atoms with Gasteiger partial charge in [0.25, 0.3) is 0 Å². The number of nitrogens with one attached hydrogen (secondary N) is 2. The number of benzene rings is 2. The highest BCUT2D eigenvalue weighted by Gasteiger charge is 2.31. The Morgan fingerprint density at radius 2 is 1.56 bits per heavy atom. The lowest BCUT2D eigenvalue weighted by Crippen LogP contribution is -2.52. The molecule has 12 heteroatoms. The van der Waals surface area contributed by atoms with E-state index in [-0.39, 0.29) is 61.3 Å². The lowest BCUT2D eigenvalue weighted by atomic mass is 9.81. The summed E-state index contributed by atoms with van der Waals surface area (Å²) in [5.41, 5.74) is -0.545. The van der Waals surface area contributed by atoms with Gasteiger partial charge < -0.3 is 20.3 Å². The molecule has 1 saturated heterocycles. The van der Waals surface area contributed by atoms with Gasteiger partial charge in [-0.15, -0.1) is 0 Å². The van der Waals surface area contributed by atoms with Crippen molar-refractivity contribution < 1.29 is 27.5 Å². The van der Waals surface area contributed by atoms with E-state index in [4.69, 9.17) is 16.3 Å². The van der Waals surface area contributed by atoms with E-state index in [1.807, 2.05) is 20.8 Å². The third-order valence-electron chi connectivity index (χ3n) is 7.57. The van der Waals surface area contributed by atoms with E-state index in [1.54, 1.807) is 41.3 Å². The summed E-state index contributed by atoms with van der Waals surface area (Å²) in [6, 6.07) is 10.3. The van der Waals surface area contributed by atoms with Crippen LogP contribution in [0.2, 0.25) is 5.02 Å². The van der Waals surface area contributed by atoms with Crippen LogP contribution >= 0.6 is 11.6 Å². The van der Waals surface area contributed by atoms with Crippen molar-refractivity contribution in [3.8, 4) is 0 Å². The van der Waals surface area contributed by atoms with Crippen molar-refractivity contribution in [1.82, 2.24) is 19.8 Å². The number of ether oxygens (including phenoxy) is 1. The van der Waals surface area contributed by atoms with Gasteiger partial charge in [-0.2, -0.15) is 4.31 Å². The van der Waals surface area contributed by atoms with Crippen LogP contribution in [-0.4, -0.2) is 80.4 Å². The van der Waals surface area contributed by atoms with Crippen molar-refractivity contribution in [2.24, 2.45) is 11.8 Å². The minimum atomic E-state index is -3.71. The highest BCUT2D eigenvalue weighted by atomic mass is 35.5. The van der Waals surface area contributed by atoms with Crippen LogP contribution in [0, 0.1) is 11.8 Å². The smallest absolute Gasteiger partial charge is 0.407 e. The van der Waals surface area contributed by atoms with Gasteiger partial charge in [-0.1, -0.05) is 23.7 Å². The molecule has 2 aliphatic rings. The first-order chi connectivity index (χ1) is 19.3. The van der Waals surface area contributed by atoms with Crippen LogP contribution in [0.25, 0.3) is 10.8 Å². The highest BCUT2D eigenvalue weighted by Crippen LogP contribution is 2.29. The van der Waals surface area contributed by atoms with Gasteiger partial charge in [-0.3, -0.25) is 9.59 Å². The quantitative estimate of drug-likeness (QED) is 0.494. The van der Waals surface area contributed by atoms with Gasteiger partial charge in [-0.25, -0.2) is 13.2 Å². The third-order valence-corrected chi connectivity index (χ3v) is 9.70. The Kier molecular flexibility index (Phi) is 9.81. The number of rotatable bonds is 7. The van der Waals surface area contributed by atoms with Gasteiger partial charge in [0, 0.05) is 43.7 Å². The van der Waals surface area contributed by atoms with Crippen LogP contribution in [0.4, 0.5) is 4.79 Å². The maximum Gasteiger partial charge on any atom is 0.407 e. The number of carbonyl (C=O) groups is 3. The van der Waals surface area contributed by atoms with E-state index < -0.39 is 21.7 Å². The van der Waals surface area contributed by atoms with Gasteiger partial charge in [0.1, 0.15) is 5.60 Å². The van der Waals surface area contributed by atoms with Gasteiger partial charge >= 0.3 is 6.09 Å². The molecule has 0 radical (unpaired) electrons. The van der Waals surface area contributed by atoms with Crippen LogP contribution in [-0.2, 0) is 24.3 Å². The average molecular weight is 607 g/mol. The fourth-order valence-corrected chi connectivity index (χ4v) is 6.91. The second kappa shape index (κ2) is 13.0. The number of carbonyl (C=O) groups excluding carboxylic acids is 3. The van der Waals surface area contributed by atoms with E-state index in [0.29, 0.717) is 24.4 Å². The topological polar surface area (TPSA) is 125 Å². The second-order valence-corrected chi connectivity index (χ2v) is 14.1. The summed E-state index contributed by atoms with van der Waals surface area (Å²) >= 11 is 6.03. The lowest BCUT2D eigenvalue weighted by Gasteiger charge is -2.34. The minimum absolute atomic E-state index is 0.112. The summed E-state index contributed by atoms with van der Waals surface area (Å²) in [5, 5.41) is 7.80. The third kappa shape index (κ3) is 8.33. The summed E-state index contributed by atoms with van der Waals surface area (Å²) in [4.78, 5) is 39.1. The summed E-state index contributed by atoms with van der Waals surface area (Å²) in [5.74, 6) is -0.252. The van der Waals surface area contributed by atoms with E-state index in [1.165, 1.54) is 4.31 Å². The number of piperazine rings is 1. The molecule has 4 rings (SSSR count). The first-order valence-electron chi connectivity index (χ1n) is 14.0. The van der Waals surface area contributed by atoms with E-state index >= 15 is 0 Å². The predicted octanol–water partition coefficient (Wildman–Crippen LogP) is 3.77. The molecule has 41 heavy (non-hydrogen) atoms. The Hall–Kier alpha value is -2.89. The van der Waals surface area contributed by atoms with Crippen molar-refractivity contribution in [1.29, 1.82) is 0 Å². The second-order valence-electron chi connectivity index (χ2n) is 11.8. The Bertz CT molecular complexity index is 1380. The number of hydrogen-bond acceptors (Lipinski definition) is 6. The van der Waals surface area contributed by atoms with Gasteiger partial charge in [-0.05, 0) is 87.4 Å². The number of hydrogen-bond donors (Lipinski definition) is 2. The van der Waals surface area contributed by atoms with Crippen molar-refractivity contribution in [2.75, 3.05) is 39.3 Å². The van der Waals surface area contributed by atoms with Gasteiger partial charge in [0.2, 0.25) is 21.8 Å². The number of alkyl carbamates (subject to hydrolysis) is 1. The molecule has 0 spiro atoms. The van der Waals surface area contributed by atoms with Crippen molar-refractivity contribution in [3.05, 3.63) is 41.4 Å². The number of nitrogens with zero attached hydrogens (tertiary/aromatic N) is 2. The van der Waals surface area contributed by atoms with Crippen LogP contribution in [0.5, 0.6) is 0 Å². The Morgan fingerprint density at radius 1 is 0.927 bits per heavy atom. The first kappa shape index (κ1) is 31.1. The summed E-state index contributed by atoms with van der Waals surface area (Å²) in [6.45, 7) is 6.73. The summed E-state index contributed by atoms with van der Waals surface area (Å²) in [6.07, 6.45) is 2.57. The number of amides is 3. The molecule has 3 amide bonds. The van der Waals surface area contributed by atoms with Crippen LogP contribution < -0.4 is 10.6 Å². The number of sulfonamides is 1. The fraction of sp³-hybridized carbons (Fsp3) is 0.552. The first-order valence-corrected chi connectivity index (χ1v) is 15.9. The molecule has 0 aromatic heterocycles. The minimum Gasteiger partial charge on any atom is -0.444 e. The molecule has 1 saturated carbocycles. The lowest BCUT2D eigenvalue weighted by molar-refractivity contribution is -0.135. The number of fused-ring (bicyclic) bond motifs is 1. The molecule has 2 aromatic carbocycles. The molecule has 1 aliphatic carbocycles. The SMILES string of the molecule is CC(C)(C)OC(=O)NCC1CCC(C(=O)NCC(=O)N2CCN(S(=O)(=O)c3ccc4cc(Cl)ccc4c3)CC2)CC1. The van der Waals surface area contributed by atoms with E-state index in [9.17, 15) is 22.8 Å². The maximum absolute atomic E-state index is 13.2. The molecule has 224 valence electrons. The molecular weight excluding hydrogens is 568 g/mol. The largest absolute Gasteiger partial charge is 0.444 e. The zero-order chi connectivity index (χ0) is 29.8. The number of halogens is 1. The molecule has 2 N–H and O–H groups in total. The van der Waals surface area contributed by atoms with Gasteiger partial charge in [0.15, 0.2) is 0 Å². The maximum atomic E-state index is 13.2. The molecule has 0 unspecified atom stereocenters. The van der Waals surface area contributed by atoms with Gasteiger partial charge in [0.05, 0.1) is 11.4 Å². The van der Waals surface area contributed by atoms with E-state index in [0.717, 1.165) is 23.6 Å². The Balaban J connectivity index is 1.18. The fourth-order valence-electron chi connectivity index (χ4n) is 5.27. The molecule has 10 nitrogen and oxygen atoms in total. The van der Waals surface area contributed by atoms with Crippen molar-refractivity contribution in [2.45, 2.75) is 57.0 Å². The molecule has 2 aromatic rings. The summed E-state index contributed by atoms with van der Waals surface area (Å²) in [7, 11) is -3.71. The standard InChI is InChI=1S/C29H39ClN4O6S/c1-29(2,3)40-28(37)32-18-20-4-6-21(7-5-20)27(36)31-19-26(35)33-12-14-34(15-13-33)41(38,39)25-11-9-22-16-24(30)10-8-23(22)17-25/h8-11,16-17,20-21H,4-7,12-15,18-19H2,1-3H3,(H,31,36)(H,32,37). The molecule has 0 atom stereocenters. The molecule has 1 aliphatic heterocycles. The highest BCUT2D eigenvalue weighted by molar-refractivity contribution is 7.89.